The van der Waals surface area contributed by atoms with Crippen LogP contribution in [0.15, 0.2) is 12.2 Å². The molecule has 0 spiro atoms. The molecule has 0 fully saturated rings. The van der Waals surface area contributed by atoms with Crippen LogP contribution in [0, 0.1) is 29.2 Å². The summed E-state index contributed by atoms with van der Waals surface area (Å²) in [6.07, 6.45) is 4.01. The summed E-state index contributed by atoms with van der Waals surface area (Å²) in [5.74, 6) is -6.79. The van der Waals surface area contributed by atoms with Gasteiger partial charge in [0.2, 0.25) is 0 Å². The van der Waals surface area contributed by atoms with E-state index in [4.69, 9.17) is 4.74 Å². The van der Waals surface area contributed by atoms with E-state index >= 15 is 0 Å². The Morgan fingerprint density at radius 2 is 1.68 bits per heavy atom. The Hall–Kier alpha value is -1.36. The summed E-state index contributed by atoms with van der Waals surface area (Å²) in [7, 11) is 1.36. The molecule has 2 bridgehead atoms. The average molecular weight is 272 g/mol. The van der Waals surface area contributed by atoms with Gasteiger partial charge in [-0.1, -0.05) is 12.2 Å². The second kappa shape index (κ2) is 3.82. The molecule has 3 atom stereocenters. The molecule has 5 heteroatoms. The van der Waals surface area contributed by atoms with Crippen molar-refractivity contribution in [2.45, 2.75) is 24.9 Å². The number of fused-ring (bicyclic) bond motifs is 4. The maximum Gasteiger partial charge on any atom is 0.197 e. The van der Waals surface area contributed by atoms with E-state index in [1.54, 1.807) is 19.1 Å². The first-order valence-corrected chi connectivity index (χ1v) is 6.01. The highest BCUT2D eigenvalue weighted by molar-refractivity contribution is 5.47. The molecule has 0 heterocycles. The molecule has 0 saturated heterocycles. The highest BCUT2D eigenvalue weighted by Gasteiger charge is 2.50. The van der Waals surface area contributed by atoms with Gasteiger partial charge >= 0.3 is 0 Å². The van der Waals surface area contributed by atoms with Crippen LogP contribution in [0.2, 0.25) is 0 Å². The van der Waals surface area contributed by atoms with Crippen molar-refractivity contribution in [3.8, 4) is 0 Å². The van der Waals surface area contributed by atoms with Crippen LogP contribution in [0.5, 0.6) is 0 Å². The second-order valence-electron chi connectivity index (χ2n) is 5.19. The number of hydrogen-bond donors (Lipinski definition) is 0. The molecule has 3 rings (SSSR count). The van der Waals surface area contributed by atoms with E-state index in [9.17, 15) is 17.6 Å². The predicted molar refractivity (Wildman–Crippen MR) is 60.6 cm³/mol. The molecule has 0 radical (unpaired) electrons. The molecule has 1 aromatic rings. The highest BCUT2D eigenvalue weighted by atomic mass is 19.2. The zero-order valence-corrected chi connectivity index (χ0v) is 10.4. The number of halogens is 4. The normalized spacial score (nSPS) is 31.7. The highest BCUT2D eigenvalue weighted by Crippen LogP contribution is 2.53. The fourth-order valence-corrected chi connectivity index (χ4v) is 3.24. The summed E-state index contributed by atoms with van der Waals surface area (Å²) in [6.45, 7) is 1.57. The Balaban J connectivity index is 2.41. The van der Waals surface area contributed by atoms with E-state index in [-0.39, 0.29) is 17.0 Å². The van der Waals surface area contributed by atoms with Gasteiger partial charge in [0.25, 0.3) is 0 Å². The molecule has 1 nitrogen and oxygen atoms in total. The Bertz CT molecular complexity index is 596. The lowest BCUT2D eigenvalue weighted by molar-refractivity contribution is -0.0443. The van der Waals surface area contributed by atoms with E-state index in [2.05, 4.69) is 0 Å². The van der Waals surface area contributed by atoms with Crippen molar-refractivity contribution in [3.05, 3.63) is 46.5 Å². The molecular formula is C14H12F4O. The lowest BCUT2D eigenvalue weighted by Gasteiger charge is -2.40. The Morgan fingerprint density at radius 1 is 1.05 bits per heavy atom. The van der Waals surface area contributed by atoms with Crippen molar-refractivity contribution in [2.24, 2.45) is 5.92 Å². The number of methoxy groups -OCH3 is 1. The average Bonchev–Trinajstić information content (AvgIpc) is 2.85. The van der Waals surface area contributed by atoms with Crippen LogP contribution in [0.25, 0.3) is 0 Å². The van der Waals surface area contributed by atoms with Crippen LogP contribution in [0.4, 0.5) is 17.6 Å². The first-order valence-electron chi connectivity index (χ1n) is 6.01. The van der Waals surface area contributed by atoms with E-state index < -0.39 is 34.8 Å². The van der Waals surface area contributed by atoms with Crippen molar-refractivity contribution < 1.29 is 22.3 Å². The monoisotopic (exact) mass is 272 g/mol. The summed E-state index contributed by atoms with van der Waals surface area (Å²) in [5.41, 5.74) is -1.50. The standard InChI is InChI=1S/C14H12F4O/c1-14(19-2)7-4-3-6(5-7)8-9(14)11(16)13(18)12(17)10(8)15/h3-4,6-7H,5H2,1-2H3/t6-,7+,14-/m1/s1. The molecule has 0 saturated carbocycles. The molecule has 0 N–H and O–H groups in total. The summed E-state index contributed by atoms with van der Waals surface area (Å²) < 4.78 is 60.3. The van der Waals surface area contributed by atoms with Crippen molar-refractivity contribution in [1.82, 2.24) is 0 Å². The zero-order chi connectivity index (χ0) is 13.9. The van der Waals surface area contributed by atoms with Crippen LogP contribution in [0.1, 0.15) is 30.4 Å². The van der Waals surface area contributed by atoms with E-state index in [0.29, 0.717) is 6.42 Å². The minimum absolute atomic E-state index is 0.120. The van der Waals surface area contributed by atoms with Gasteiger partial charge in [0.05, 0.1) is 5.60 Å². The lowest BCUT2D eigenvalue weighted by Crippen LogP contribution is -2.39. The molecular weight excluding hydrogens is 260 g/mol. The molecule has 0 aromatic heterocycles. The molecule has 0 amide bonds. The zero-order valence-electron chi connectivity index (χ0n) is 10.4. The van der Waals surface area contributed by atoms with Crippen LogP contribution in [-0.2, 0) is 10.3 Å². The molecule has 2 aliphatic rings. The van der Waals surface area contributed by atoms with Gasteiger partial charge in [-0.3, -0.25) is 0 Å². The molecule has 19 heavy (non-hydrogen) atoms. The molecule has 1 aromatic carbocycles. The number of rotatable bonds is 1. The third kappa shape index (κ3) is 1.39. The van der Waals surface area contributed by atoms with Crippen molar-refractivity contribution in [3.63, 3.8) is 0 Å². The first-order chi connectivity index (χ1) is 8.91. The first kappa shape index (κ1) is 12.7. The van der Waals surface area contributed by atoms with E-state index in [1.807, 2.05) is 0 Å². The largest absolute Gasteiger partial charge is 0.373 e. The van der Waals surface area contributed by atoms with Crippen LogP contribution in [0.3, 0.4) is 0 Å². The van der Waals surface area contributed by atoms with Crippen molar-refractivity contribution >= 4 is 0 Å². The predicted octanol–water partition coefficient (Wildman–Crippen LogP) is 3.78. The van der Waals surface area contributed by atoms with Crippen molar-refractivity contribution in [2.75, 3.05) is 7.11 Å². The Labute approximate surface area is 107 Å². The lowest BCUT2D eigenvalue weighted by atomic mass is 9.71. The minimum atomic E-state index is -1.78. The second-order valence-corrected chi connectivity index (χ2v) is 5.19. The molecule has 0 unspecified atom stereocenters. The molecule has 102 valence electrons. The van der Waals surface area contributed by atoms with E-state index in [0.717, 1.165) is 0 Å². The fourth-order valence-electron chi connectivity index (χ4n) is 3.24. The van der Waals surface area contributed by atoms with Gasteiger partial charge in [0.1, 0.15) is 0 Å². The topological polar surface area (TPSA) is 9.23 Å². The third-order valence-electron chi connectivity index (χ3n) is 4.39. The van der Waals surface area contributed by atoms with Gasteiger partial charge in [0.15, 0.2) is 23.3 Å². The fraction of sp³-hybridized carbons (Fsp3) is 0.429. The van der Waals surface area contributed by atoms with Gasteiger partial charge in [-0.15, -0.1) is 0 Å². The van der Waals surface area contributed by atoms with Crippen LogP contribution in [-0.4, -0.2) is 7.11 Å². The van der Waals surface area contributed by atoms with Gasteiger partial charge in [-0.05, 0) is 13.3 Å². The molecule has 0 aliphatic heterocycles. The van der Waals surface area contributed by atoms with Gasteiger partial charge in [-0.25, -0.2) is 17.6 Å². The molecule has 2 aliphatic carbocycles. The summed E-state index contributed by atoms with van der Waals surface area (Å²) in [4.78, 5) is 0. The number of allylic oxidation sites excluding steroid dienone is 1. The number of ether oxygens (including phenoxy) is 1. The maximum atomic E-state index is 14.1. The van der Waals surface area contributed by atoms with Gasteiger partial charge in [-0.2, -0.15) is 0 Å². The van der Waals surface area contributed by atoms with Crippen LogP contribution >= 0.6 is 0 Å². The smallest absolute Gasteiger partial charge is 0.197 e. The quantitative estimate of drug-likeness (QED) is 0.327. The Kier molecular flexibility index (Phi) is 2.55. The Morgan fingerprint density at radius 3 is 2.32 bits per heavy atom. The van der Waals surface area contributed by atoms with Gasteiger partial charge in [0, 0.05) is 30.1 Å². The van der Waals surface area contributed by atoms with Crippen molar-refractivity contribution in [1.29, 1.82) is 0 Å². The SMILES string of the molecule is CO[C@@]1(C)c2c(F)c(F)c(F)c(F)c2[C@@H]2C=C[C@H]1C2. The number of hydrogen-bond acceptors (Lipinski definition) is 1. The summed E-state index contributed by atoms with van der Waals surface area (Å²) in [5, 5.41) is 0. The maximum absolute atomic E-state index is 14.1. The third-order valence-corrected chi connectivity index (χ3v) is 4.39. The summed E-state index contributed by atoms with van der Waals surface area (Å²) in [6, 6.07) is 0. The van der Waals surface area contributed by atoms with E-state index in [1.165, 1.54) is 7.11 Å². The van der Waals surface area contributed by atoms with Gasteiger partial charge < -0.3 is 4.74 Å². The number of benzene rings is 1. The minimum Gasteiger partial charge on any atom is -0.373 e. The summed E-state index contributed by atoms with van der Waals surface area (Å²) >= 11 is 0. The van der Waals surface area contributed by atoms with Crippen LogP contribution < -0.4 is 0 Å².